The zero-order valence-corrected chi connectivity index (χ0v) is 11.7. The van der Waals surface area contributed by atoms with Crippen LogP contribution in [-0.2, 0) is 17.6 Å². The first kappa shape index (κ1) is 13.5. The lowest BCUT2D eigenvalue weighted by atomic mass is 9.89. The highest BCUT2D eigenvalue weighted by Gasteiger charge is 2.26. The second-order valence-corrected chi connectivity index (χ2v) is 5.54. The van der Waals surface area contributed by atoms with E-state index in [-0.39, 0.29) is 11.8 Å². The van der Waals surface area contributed by atoms with E-state index in [0.717, 1.165) is 63.5 Å². The van der Waals surface area contributed by atoms with Crippen LogP contribution >= 0.6 is 0 Å². The highest BCUT2D eigenvalue weighted by molar-refractivity contribution is 5.79. The van der Waals surface area contributed by atoms with Gasteiger partial charge < -0.3 is 10.6 Å². The fourth-order valence-corrected chi connectivity index (χ4v) is 2.92. The molecule has 0 radical (unpaired) electrons. The van der Waals surface area contributed by atoms with Crippen LogP contribution in [0.15, 0.2) is 0 Å². The number of carbonyl (C=O) groups excluding carboxylic acids is 1. The molecule has 1 fully saturated rings. The normalized spacial score (nSPS) is 23.3. The Hall–Kier alpha value is -1.47. The van der Waals surface area contributed by atoms with E-state index in [2.05, 4.69) is 30.9 Å². The van der Waals surface area contributed by atoms with Crippen LogP contribution in [0.1, 0.15) is 17.8 Å². The highest BCUT2D eigenvalue weighted by Crippen LogP contribution is 2.22. The Balaban J connectivity index is 1.41. The Labute approximate surface area is 118 Å². The first-order chi connectivity index (χ1) is 9.83. The van der Waals surface area contributed by atoms with Crippen molar-refractivity contribution in [1.29, 1.82) is 0 Å². The molecule has 0 spiro atoms. The number of H-pyrrole nitrogens is 1. The number of aromatic amines is 1. The van der Waals surface area contributed by atoms with E-state index >= 15 is 0 Å². The zero-order chi connectivity index (χ0) is 13.8. The van der Waals surface area contributed by atoms with Gasteiger partial charge in [-0.05, 0) is 12.8 Å². The summed E-state index contributed by atoms with van der Waals surface area (Å²) in [7, 11) is 0. The molecule has 1 aromatic rings. The number of amides is 1. The number of carbonyl (C=O) groups is 1. The van der Waals surface area contributed by atoms with E-state index < -0.39 is 0 Å². The number of hydrogen-bond acceptors (Lipinski definition) is 5. The van der Waals surface area contributed by atoms with E-state index in [9.17, 15) is 4.79 Å². The van der Waals surface area contributed by atoms with E-state index in [4.69, 9.17) is 0 Å². The topological polar surface area (TPSA) is 85.9 Å². The molecule has 1 unspecified atom stereocenters. The third-order valence-corrected chi connectivity index (χ3v) is 4.18. The molecule has 1 atom stereocenters. The van der Waals surface area contributed by atoms with Gasteiger partial charge in [-0.25, -0.2) is 0 Å². The second kappa shape index (κ2) is 6.32. The molecule has 3 rings (SSSR count). The molecule has 0 aromatic carbocycles. The van der Waals surface area contributed by atoms with Gasteiger partial charge in [0.1, 0.15) is 0 Å². The van der Waals surface area contributed by atoms with E-state index in [0.29, 0.717) is 6.42 Å². The van der Waals surface area contributed by atoms with Gasteiger partial charge in [-0.3, -0.25) is 9.69 Å². The minimum absolute atomic E-state index is 0.0515. The van der Waals surface area contributed by atoms with Gasteiger partial charge in [0.25, 0.3) is 0 Å². The molecule has 0 saturated carbocycles. The van der Waals surface area contributed by atoms with Crippen LogP contribution in [0.4, 0.5) is 0 Å². The van der Waals surface area contributed by atoms with Crippen molar-refractivity contribution >= 4 is 5.91 Å². The van der Waals surface area contributed by atoms with Crippen LogP contribution in [0.25, 0.3) is 0 Å². The molecule has 110 valence electrons. The summed E-state index contributed by atoms with van der Waals surface area (Å²) in [6.07, 6.45) is 2.44. The molecule has 7 heteroatoms. The molecule has 1 aliphatic heterocycles. The number of nitrogens with one attached hydrogen (secondary N) is 3. The average Bonchev–Trinajstić information content (AvgIpc) is 2.95. The first-order valence-electron chi connectivity index (χ1n) is 7.42. The van der Waals surface area contributed by atoms with Crippen LogP contribution in [0.5, 0.6) is 0 Å². The van der Waals surface area contributed by atoms with Crippen LogP contribution < -0.4 is 10.6 Å². The molecule has 1 amide bonds. The number of rotatable bonds is 4. The molecule has 3 N–H and O–H groups in total. The molecule has 1 aliphatic carbocycles. The number of aryl methyl sites for hydroxylation is 1. The number of fused-ring (bicyclic) bond motifs is 1. The van der Waals surface area contributed by atoms with Gasteiger partial charge >= 0.3 is 0 Å². The first-order valence-corrected chi connectivity index (χ1v) is 7.42. The third-order valence-electron chi connectivity index (χ3n) is 4.18. The van der Waals surface area contributed by atoms with Crippen molar-refractivity contribution < 1.29 is 4.79 Å². The summed E-state index contributed by atoms with van der Waals surface area (Å²) < 4.78 is 0. The SMILES string of the molecule is O=C(NCCN1CCNCC1)C1CCc2n[nH]nc2C1. The molecular formula is C13H22N6O. The van der Waals surface area contributed by atoms with Gasteiger partial charge in [0.05, 0.1) is 11.4 Å². The van der Waals surface area contributed by atoms with Crippen molar-refractivity contribution in [3.05, 3.63) is 11.4 Å². The fraction of sp³-hybridized carbons (Fsp3) is 0.769. The Morgan fingerprint density at radius 1 is 1.30 bits per heavy atom. The molecular weight excluding hydrogens is 256 g/mol. The number of nitrogens with zero attached hydrogens (tertiary/aromatic N) is 3. The summed E-state index contributed by atoms with van der Waals surface area (Å²) in [5.74, 6) is 0.212. The Bertz CT molecular complexity index is 453. The summed E-state index contributed by atoms with van der Waals surface area (Å²) in [4.78, 5) is 14.6. The highest BCUT2D eigenvalue weighted by atomic mass is 16.1. The van der Waals surface area contributed by atoms with Crippen molar-refractivity contribution in [3.8, 4) is 0 Å². The minimum atomic E-state index is 0.0515. The van der Waals surface area contributed by atoms with Gasteiger partial charge in [-0.2, -0.15) is 15.4 Å². The summed E-state index contributed by atoms with van der Waals surface area (Å²) >= 11 is 0. The van der Waals surface area contributed by atoms with Crippen molar-refractivity contribution in [3.63, 3.8) is 0 Å². The minimum Gasteiger partial charge on any atom is -0.355 e. The summed E-state index contributed by atoms with van der Waals surface area (Å²) in [6, 6.07) is 0. The van der Waals surface area contributed by atoms with Gasteiger partial charge in [-0.1, -0.05) is 0 Å². The summed E-state index contributed by atoms with van der Waals surface area (Å²) in [6.45, 7) is 5.91. The van der Waals surface area contributed by atoms with Crippen LogP contribution in [0, 0.1) is 5.92 Å². The van der Waals surface area contributed by atoms with Gasteiger partial charge in [0.2, 0.25) is 5.91 Å². The maximum Gasteiger partial charge on any atom is 0.223 e. The lowest BCUT2D eigenvalue weighted by Gasteiger charge is -2.27. The predicted molar refractivity (Wildman–Crippen MR) is 74.2 cm³/mol. The molecule has 7 nitrogen and oxygen atoms in total. The molecule has 20 heavy (non-hydrogen) atoms. The maximum absolute atomic E-state index is 12.2. The van der Waals surface area contributed by atoms with Crippen molar-refractivity contribution in [1.82, 2.24) is 30.9 Å². The van der Waals surface area contributed by atoms with Gasteiger partial charge in [-0.15, -0.1) is 0 Å². The number of hydrogen-bond donors (Lipinski definition) is 3. The molecule has 1 saturated heterocycles. The lowest BCUT2D eigenvalue weighted by molar-refractivity contribution is -0.125. The monoisotopic (exact) mass is 278 g/mol. The largest absolute Gasteiger partial charge is 0.355 e. The predicted octanol–water partition coefficient (Wildman–Crippen LogP) is -1.07. The number of piperazine rings is 1. The fourth-order valence-electron chi connectivity index (χ4n) is 2.92. The molecule has 2 aliphatic rings. The Morgan fingerprint density at radius 3 is 2.95 bits per heavy atom. The van der Waals surface area contributed by atoms with Crippen LogP contribution in [0.3, 0.4) is 0 Å². The second-order valence-electron chi connectivity index (χ2n) is 5.54. The molecule has 1 aromatic heterocycles. The summed E-state index contributed by atoms with van der Waals surface area (Å²) in [5, 5.41) is 17.2. The van der Waals surface area contributed by atoms with E-state index in [1.54, 1.807) is 0 Å². The zero-order valence-electron chi connectivity index (χ0n) is 11.7. The van der Waals surface area contributed by atoms with E-state index in [1.165, 1.54) is 0 Å². The van der Waals surface area contributed by atoms with Crippen molar-refractivity contribution in [2.24, 2.45) is 5.92 Å². The lowest BCUT2D eigenvalue weighted by Crippen LogP contribution is -2.47. The van der Waals surface area contributed by atoms with Crippen molar-refractivity contribution in [2.75, 3.05) is 39.3 Å². The van der Waals surface area contributed by atoms with Gasteiger partial charge in [0, 0.05) is 51.6 Å². The van der Waals surface area contributed by atoms with Crippen molar-refractivity contribution in [2.45, 2.75) is 19.3 Å². The standard InChI is InChI=1S/C13H22N6O/c20-13(15-5-8-19-6-3-14-4-7-19)10-1-2-11-12(9-10)17-18-16-11/h10,14H,1-9H2,(H,15,20)(H,16,17,18). The van der Waals surface area contributed by atoms with E-state index in [1.807, 2.05) is 0 Å². The van der Waals surface area contributed by atoms with Crippen LogP contribution in [0.2, 0.25) is 0 Å². The Kier molecular flexibility index (Phi) is 4.27. The van der Waals surface area contributed by atoms with Crippen LogP contribution in [-0.4, -0.2) is 65.5 Å². The molecule has 2 heterocycles. The number of aromatic nitrogens is 3. The van der Waals surface area contributed by atoms with Gasteiger partial charge in [0.15, 0.2) is 0 Å². The smallest absolute Gasteiger partial charge is 0.223 e. The Morgan fingerprint density at radius 2 is 2.10 bits per heavy atom. The summed E-state index contributed by atoms with van der Waals surface area (Å²) in [5.41, 5.74) is 1.98. The average molecular weight is 278 g/mol. The third kappa shape index (κ3) is 3.16. The molecule has 0 bridgehead atoms. The maximum atomic E-state index is 12.2. The quantitative estimate of drug-likeness (QED) is 0.653.